The molecule has 1 aromatic carbocycles. The molecule has 2 saturated heterocycles. The standard InChI is InChI=1S/C27H28ClN5O5S2/c28-24-10-8-20(39-24)11-15-40(37,38)31-22-5-2-13-32(27(22)36)17-25(34)33-14-3-6-23(33)26(35)30-19-7-9-21-18(16-19)4-1-12-29-21/h1,4,7-12,15-16,22-23,31H,2-3,5-6,13-14,17H2,(H,30,35)/t22-,23-/m0/s1. The molecule has 10 nitrogen and oxygen atoms in total. The van der Waals surface area contributed by atoms with E-state index in [1.165, 1.54) is 27.2 Å². The minimum Gasteiger partial charge on any atom is -0.332 e. The molecule has 3 aromatic rings. The van der Waals surface area contributed by atoms with Gasteiger partial charge in [-0.15, -0.1) is 11.3 Å². The van der Waals surface area contributed by atoms with Gasteiger partial charge >= 0.3 is 0 Å². The summed E-state index contributed by atoms with van der Waals surface area (Å²) in [5.74, 6) is -1.09. The van der Waals surface area contributed by atoms with Gasteiger partial charge in [0.1, 0.15) is 12.1 Å². The number of aromatic nitrogens is 1. The molecule has 40 heavy (non-hydrogen) atoms. The quantitative estimate of drug-likeness (QED) is 0.407. The van der Waals surface area contributed by atoms with Gasteiger partial charge in [0.05, 0.1) is 16.4 Å². The van der Waals surface area contributed by atoms with Crippen LogP contribution in [-0.2, 0) is 24.4 Å². The largest absolute Gasteiger partial charge is 0.332 e. The first-order valence-electron chi connectivity index (χ1n) is 12.9. The molecule has 13 heteroatoms. The van der Waals surface area contributed by atoms with Crippen molar-refractivity contribution in [2.24, 2.45) is 0 Å². The summed E-state index contributed by atoms with van der Waals surface area (Å²) in [6.07, 6.45) is 5.18. The van der Waals surface area contributed by atoms with E-state index in [0.717, 1.165) is 16.3 Å². The van der Waals surface area contributed by atoms with Crippen LogP contribution in [0.1, 0.15) is 30.6 Å². The van der Waals surface area contributed by atoms with E-state index in [-0.39, 0.29) is 18.4 Å². The summed E-state index contributed by atoms with van der Waals surface area (Å²) < 4.78 is 28.1. The normalized spacial score (nSPS) is 20.0. The molecule has 2 atom stereocenters. The first-order chi connectivity index (χ1) is 19.2. The third-order valence-electron chi connectivity index (χ3n) is 6.92. The fraction of sp³-hybridized carbons (Fsp3) is 0.333. The molecule has 0 spiro atoms. The number of anilines is 1. The van der Waals surface area contributed by atoms with E-state index in [9.17, 15) is 22.8 Å². The summed E-state index contributed by atoms with van der Waals surface area (Å²) in [6, 6.07) is 10.9. The Labute approximate surface area is 241 Å². The van der Waals surface area contributed by atoms with Crippen LogP contribution in [-0.4, -0.2) is 72.6 Å². The van der Waals surface area contributed by atoms with Crippen LogP contribution in [0, 0.1) is 0 Å². The molecule has 2 aliphatic rings. The van der Waals surface area contributed by atoms with Gasteiger partial charge in [0.2, 0.25) is 27.7 Å². The smallest absolute Gasteiger partial charge is 0.247 e. The Hall–Kier alpha value is -3.32. The van der Waals surface area contributed by atoms with Crippen molar-refractivity contribution in [3.63, 3.8) is 0 Å². The zero-order valence-corrected chi connectivity index (χ0v) is 23.8. The molecular formula is C27H28ClN5O5S2. The lowest BCUT2D eigenvalue weighted by molar-refractivity contribution is -0.144. The summed E-state index contributed by atoms with van der Waals surface area (Å²) in [4.78, 5) is 47.3. The Morgan fingerprint density at radius 3 is 2.75 bits per heavy atom. The maximum Gasteiger partial charge on any atom is 0.247 e. The Balaban J connectivity index is 1.19. The van der Waals surface area contributed by atoms with Crippen molar-refractivity contribution in [3.8, 4) is 0 Å². The molecule has 5 rings (SSSR count). The number of halogens is 1. The van der Waals surface area contributed by atoms with Crippen molar-refractivity contribution in [1.82, 2.24) is 19.5 Å². The van der Waals surface area contributed by atoms with Gasteiger partial charge in [0.25, 0.3) is 0 Å². The maximum absolute atomic E-state index is 13.2. The molecule has 2 aliphatic heterocycles. The molecule has 2 fully saturated rings. The Morgan fingerprint density at radius 1 is 1.12 bits per heavy atom. The van der Waals surface area contributed by atoms with Crippen LogP contribution in [0.5, 0.6) is 0 Å². The Kier molecular flexibility index (Phi) is 8.50. The number of rotatable bonds is 8. The van der Waals surface area contributed by atoms with Gasteiger partial charge in [0, 0.05) is 40.6 Å². The average molecular weight is 602 g/mol. The van der Waals surface area contributed by atoms with Gasteiger partial charge in [-0.2, -0.15) is 4.72 Å². The number of fused-ring (bicyclic) bond motifs is 1. The summed E-state index contributed by atoms with van der Waals surface area (Å²) in [5.41, 5.74) is 1.43. The van der Waals surface area contributed by atoms with Crippen molar-refractivity contribution in [3.05, 3.63) is 63.3 Å². The number of likely N-dealkylation sites (tertiary alicyclic amines) is 2. The molecule has 210 valence electrons. The number of hydrogen-bond donors (Lipinski definition) is 2. The molecule has 3 amide bonds. The van der Waals surface area contributed by atoms with E-state index in [1.807, 2.05) is 24.3 Å². The fourth-order valence-electron chi connectivity index (χ4n) is 4.99. The maximum atomic E-state index is 13.2. The zero-order chi connectivity index (χ0) is 28.3. The summed E-state index contributed by atoms with van der Waals surface area (Å²) in [7, 11) is -3.90. The molecule has 0 unspecified atom stereocenters. The summed E-state index contributed by atoms with van der Waals surface area (Å²) >= 11 is 7.12. The van der Waals surface area contributed by atoms with Crippen molar-refractivity contribution < 1.29 is 22.8 Å². The second kappa shape index (κ2) is 12.0. The number of carbonyl (C=O) groups is 3. The van der Waals surface area contributed by atoms with Crippen LogP contribution in [0.25, 0.3) is 17.0 Å². The molecule has 2 N–H and O–H groups in total. The highest BCUT2D eigenvalue weighted by atomic mass is 35.5. The highest BCUT2D eigenvalue weighted by molar-refractivity contribution is 7.92. The van der Waals surface area contributed by atoms with Crippen molar-refractivity contribution >= 4 is 73.3 Å². The van der Waals surface area contributed by atoms with E-state index in [0.29, 0.717) is 53.7 Å². The Morgan fingerprint density at radius 2 is 1.95 bits per heavy atom. The first-order valence-corrected chi connectivity index (χ1v) is 15.6. The first kappa shape index (κ1) is 28.2. The minimum absolute atomic E-state index is 0.216. The third kappa shape index (κ3) is 6.69. The number of nitrogens with one attached hydrogen (secondary N) is 2. The van der Waals surface area contributed by atoms with Crippen molar-refractivity contribution in [2.45, 2.75) is 37.8 Å². The summed E-state index contributed by atoms with van der Waals surface area (Å²) in [6.45, 7) is 0.530. The second-order valence-corrected chi connectivity index (χ2v) is 13.1. The lowest BCUT2D eigenvalue weighted by Crippen LogP contribution is -2.55. The molecule has 0 bridgehead atoms. The molecule has 0 radical (unpaired) electrons. The lowest BCUT2D eigenvalue weighted by atomic mass is 10.1. The molecule has 0 aliphatic carbocycles. The monoisotopic (exact) mass is 601 g/mol. The Bertz CT molecular complexity index is 1570. The topological polar surface area (TPSA) is 129 Å². The van der Waals surface area contributed by atoms with Crippen LogP contribution in [0.2, 0.25) is 4.34 Å². The van der Waals surface area contributed by atoms with Gasteiger partial charge in [-0.25, -0.2) is 8.42 Å². The van der Waals surface area contributed by atoms with Gasteiger partial charge in [-0.05, 0) is 68.2 Å². The number of carbonyl (C=O) groups excluding carboxylic acids is 3. The number of nitrogens with zero attached hydrogens (tertiary/aromatic N) is 3. The van der Waals surface area contributed by atoms with Crippen molar-refractivity contribution in [1.29, 1.82) is 0 Å². The number of thiophene rings is 1. The van der Waals surface area contributed by atoms with E-state index < -0.39 is 28.0 Å². The molecule has 0 saturated carbocycles. The zero-order valence-electron chi connectivity index (χ0n) is 21.5. The average Bonchev–Trinajstić information content (AvgIpc) is 3.59. The molecule has 4 heterocycles. The predicted octanol–water partition coefficient (Wildman–Crippen LogP) is 3.46. The molecular weight excluding hydrogens is 574 g/mol. The van der Waals surface area contributed by atoms with Crippen LogP contribution in [0.3, 0.4) is 0 Å². The number of benzene rings is 1. The van der Waals surface area contributed by atoms with E-state index in [4.69, 9.17) is 11.6 Å². The van der Waals surface area contributed by atoms with Gasteiger partial charge < -0.3 is 15.1 Å². The number of amides is 3. The highest BCUT2D eigenvalue weighted by Gasteiger charge is 2.37. The van der Waals surface area contributed by atoms with E-state index in [2.05, 4.69) is 15.0 Å². The lowest BCUT2D eigenvalue weighted by Gasteiger charge is -2.33. The second-order valence-electron chi connectivity index (χ2n) is 9.71. The van der Waals surface area contributed by atoms with Gasteiger partial charge in [-0.1, -0.05) is 17.7 Å². The SMILES string of the molecule is O=C(Nc1ccc2ncccc2c1)[C@@H]1CCCN1C(=O)CN1CCC[C@H](NS(=O)(=O)C=Cc2ccc(Cl)s2)C1=O. The van der Waals surface area contributed by atoms with Gasteiger partial charge in [0.15, 0.2) is 0 Å². The fourth-order valence-corrected chi connectivity index (χ4v) is 7.06. The van der Waals surface area contributed by atoms with E-state index >= 15 is 0 Å². The predicted molar refractivity (Wildman–Crippen MR) is 155 cm³/mol. The molecule has 2 aromatic heterocycles. The van der Waals surface area contributed by atoms with Crippen LogP contribution < -0.4 is 10.0 Å². The summed E-state index contributed by atoms with van der Waals surface area (Å²) in [5, 5.41) is 4.80. The number of piperidine rings is 1. The van der Waals surface area contributed by atoms with Crippen molar-refractivity contribution in [2.75, 3.05) is 25.0 Å². The highest BCUT2D eigenvalue weighted by Crippen LogP contribution is 2.24. The number of pyridine rings is 1. The number of sulfonamides is 1. The number of hydrogen-bond acceptors (Lipinski definition) is 7. The van der Waals surface area contributed by atoms with Crippen LogP contribution in [0.4, 0.5) is 5.69 Å². The third-order valence-corrected chi connectivity index (χ3v) is 9.22. The minimum atomic E-state index is -3.90. The van der Waals surface area contributed by atoms with E-state index in [1.54, 1.807) is 24.4 Å². The van der Waals surface area contributed by atoms with Crippen LogP contribution >= 0.6 is 22.9 Å². The van der Waals surface area contributed by atoms with Gasteiger partial charge in [-0.3, -0.25) is 19.4 Å². The van der Waals surface area contributed by atoms with Crippen LogP contribution in [0.15, 0.2) is 54.1 Å².